The lowest BCUT2D eigenvalue weighted by molar-refractivity contribution is -0.137. The standard InChI is InChI=1S/C24H18ClF3N2O2/c25-12-21(31)22-19-10-9-17(11-15(19)13-29-22)30-23(32)20-4-2-1-3-18(20)14-5-7-16(8-6-14)24(26,27)28/h1-11,22,29H,12-13H2,(H,30,32). The van der Waals surface area contributed by atoms with Crippen LogP contribution in [0.5, 0.6) is 0 Å². The third-order valence-electron chi connectivity index (χ3n) is 5.36. The molecule has 8 heteroatoms. The number of anilines is 1. The number of nitrogens with one attached hydrogen (secondary N) is 2. The SMILES string of the molecule is O=C(Nc1ccc2c(c1)CNC2C(=O)CCl)c1ccccc1-c1ccc(C(F)(F)F)cc1. The van der Waals surface area contributed by atoms with Crippen molar-refractivity contribution < 1.29 is 22.8 Å². The summed E-state index contributed by atoms with van der Waals surface area (Å²) >= 11 is 5.66. The summed E-state index contributed by atoms with van der Waals surface area (Å²) in [7, 11) is 0. The maximum Gasteiger partial charge on any atom is 0.416 e. The molecule has 1 aliphatic heterocycles. The van der Waals surface area contributed by atoms with Gasteiger partial charge in [0.25, 0.3) is 5.91 Å². The molecule has 0 aromatic heterocycles. The van der Waals surface area contributed by atoms with Gasteiger partial charge in [0.05, 0.1) is 17.5 Å². The minimum Gasteiger partial charge on any atom is -0.322 e. The van der Waals surface area contributed by atoms with E-state index < -0.39 is 17.8 Å². The normalized spacial score (nSPS) is 15.3. The molecule has 0 fully saturated rings. The molecule has 1 unspecified atom stereocenters. The number of carbonyl (C=O) groups excluding carboxylic acids is 2. The quantitative estimate of drug-likeness (QED) is 0.491. The predicted octanol–water partition coefficient (Wildman–Crippen LogP) is 5.58. The minimum absolute atomic E-state index is 0.0870. The third kappa shape index (κ3) is 4.40. The van der Waals surface area contributed by atoms with Gasteiger partial charge in [-0.3, -0.25) is 14.9 Å². The Hall–Kier alpha value is -3.16. The molecule has 1 heterocycles. The fraction of sp³-hybridized carbons (Fsp3) is 0.167. The molecule has 4 rings (SSSR count). The van der Waals surface area contributed by atoms with Gasteiger partial charge in [-0.15, -0.1) is 11.6 Å². The summed E-state index contributed by atoms with van der Waals surface area (Å²) in [5.74, 6) is -0.594. The maximum absolute atomic E-state index is 13.0. The van der Waals surface area contributed by atoms with Crippen molar-refractivity contribution in [2.75, 3.05) is 11.2 Å². The smallest absolute Gasteiger partial charge is 0.322 e. The Morgan fingerprint density at radius 1 is 1.03 bits per heavy atom. The Kier molecular flexibility index (Phi) is 6.04. The average molecular weight is 459 g/mol. The largest absolute Gasteiger partial charge is 0.416 e. The van der Waals surface area contributed by atoms with Gasteiger partial charge in [0.2, 0.25) is 0 Å². The number of hydrogen-bond acceptors (Lipinski definition) is 3. The van der Waals surface area contributed by atoms with Crippen LogP contribution in [-0.2, 0) is 17.5 Å². The van der Waals surface area contributed by atoms with Crippen molar-refractivity contribution in [3.8, 4) is 11.1 Å². The van der Waals surface area contributed by atoms with E-state index in [0.717, 1.165) is 23.3 Å². The number of carbonyl (C=O) groups is 2. The van der Waals surface area contributed by atoms with Gasteiger partial charge in [-0.2, -0.15) is 13.2 Å². The van der Waals surface area contributed by atoms with Gasteiger partial charge >= 0.3 is 6.18 Å². The molecule has 1 aliphatic rings. The van der Waals surface area contributed by atoms with Crippen molar-refractivity contribution >= 4 is 29.0 Å². The van der Waals surface area contributed by atoms with Crippen molar-refractivity contribution in [3.63, 3.8) is 0 Å². The fourth-order valence-corrected chi connectivity index (χ4v) is 3.93. The van der Waals surface area contributed by atoms with Gasteiger partial charge in [-0.05, 0) is 52.6 Å². The highest BCUT2D eigenvalue weighted by atomic mass is 35.5. The second kappa shape index (κ2) is 8.76. The molecule has 3 aromatic carbocycles. The summed E-state index contributed by atoms with van der Waals surface area (Å²) in [5, 5.41) is 5.94. The van der Waals surface area contributed by atoms with Crippen LogP contribution in [-0.4, -0.2) is 17.6 Å². The summed E-state index contributed by atoms with van der Waals surface area (Å²) in [6, 6.07) is 16.2. The van der Waals surface area contributed by atoms with Crippen LogP contribution in [0.25, 0.3) is 11.1 Å². The second-order valence-electron chi connectivity index (χ2n) is 7.40. The zero-order valence-corrected chi connectivity index (χ0v) is 17.4. The molecular formula is C24H18ClF3N2O2. The van der Waals surface area contributed by atoms with Crippen molar-refractivity contribution in [2.45, 2.75) is 18.8 Å². The molecule has 0 saturated carbocycles. The van der Waals surface area contributed by atoms with Crippen LogP contribution in [0, 0.1) is 0 Å². The van der Waals surface area contributed by atoms with Crippen molar-refractivity contribution in [2.24, 2.45) is 0 Å². The molecule has 164 valence electrons. The van der Waals surface area contributed by atoms with Crippen molar-refractivity contribution in [1.29, 1.82) is 0 Å². The van der Waals surface area contributed by atoms with Gasteiger partial charge in [0, 0.05) is 17.8 Å². The van der Waals surface area contributed by atoms with E-state index in [1.54, 1.807) is 42.5 Å². The van der Waals surface area contributed by atoms with Crippen LogP contribution in [0.1, 0.15) is 33.1 Å². The highest BCUT2D eigenvalue weighted by Gasteiger charge is 2.30. The highest BCUT2D eigenvalue weighted by Crippen LogP contribution is 2.33. The first-order chi connectivity index (χ1) is 15.3. The van der Waals surface area contributed by atoms with Gasteiger partial charge in [-0.25, -0.2) is 0 Å². The van der Waals surface area contributed by atoms with E-state index >= 15 is 0 Å². The van der Waals surface area contributed by atoms with Gasteiger partial charge in [0.15, 0.2) is 5.78 Å². The summed E-state index contributed by atoms with van der Waals surface area (Å²) < 4.78 is 38.6. The number of benzene rings is 3. The summed E-state index contributed by atoms with van der Waals surface area (Å²) in [6.07, 6.45) is -4.43. The Labute approximate surface area is 187 Å². The molecule has 0 radical (unpaired) electrons. The molecular weight excluding hydrogens is 441 g/mol. The molecule has 1 atom stereocenters. The van der Waals surface area contributed by atoms with Gasteiger partial charge < -0.3 is 5.32 Å². The molecule has 0 bridgehead atoms. The van der Waals surface area contributed by atoms with E-state index in [-0.39, 0.29) is 17.6 Å². The first-order valence-corrected chi connectivity index (χ1v) is 10.3. The predicted molar refractivity (Wildman–Crippen MR) is 117 cm³/mol. The van der Waals surface area contributed by atoms with E-state index in [9.17, 15) is 22.8 Å². The maximum atomic E-state index is 13.0. The first kappa shape index (κ1) is 22.0. The van der Waals surface area contributed by atoms with Crippen LogP contribution in [0.4, 0.5) is 18.9 Å². The minimum atomic E-state index is -4.43. The number of hydrogen-bond donors (Lipinski definition) is 2. The Balaban J connectivity index is 1.57. The van der Waals surface area contributed by atoms with Crippen LogP contribution < -0.4 is 10.6 Å². The number of ketones is 1. The summed E-state index contributed by atoms with van der Waals surface area (Å²) in [5.41, 5.74) is 2.89. The second-order valence-corrected chi connectivity index (χ2v) is 7.67. The molecule has 0 aliphatic carbocycles. The van der Waals surface area contributed by atoms with Crippen LogP contribution in [0.2, 0.25) is 0 Å². The van der Waals surface area contributed by atoms with Gasteiger partial charge in [0.1, 0.15) is 0 Å². The fourth-order valence-electron chi connectivity index (χ4n) is 3.77. The number of amides is 1. The molecule has 2 N–H and O–H groups in total. The Morgan fingerprint density at radius 2 is 1.75 bits per heavy atom. The van der Waals surface area contributed by atoms with Crippen molar-refractivity contribution in [3.05, 3.63) is 89.0 Å². The first-order valence-electron chi connectivity index (χ1n) is 9.81. The van der Waals surface area contributed by atoms with Crippen LogP contribution in [0.15, 0.2) is 66.7 Å². The third-order valence-corrected chi connectivity index (χ3v) is 5.62. The Bertz CT molecular complexity index is 1180. The van der Waals surface area contributed by atoms with Crippen LogP contribution >= 0.6 is 11.6 Å². The number of Topliss-reactive ketones (excluding diaryl/α,β-unsaturated/α-hetero) is 1. The van der Waals surface area contributed by atoms with E-state index in [0.29, 0.717) is 28.9 Å². The molecule has 1 amide bonds. The number of alkyl halides is 4. The molecule has 0 spiro atoms. The van der Waals surface area contributed by atoms with Crippen LogP contribution in [0.3, 0.4) is 0 Å². The summed E-state index contributed by atoms with van der Waals surface area (Å²) in [6.45, 7) is 0.481. The van der Waals surface area contributed by atoms with E-state index in [1.807, 2.05) is 0 Å². The highest BCUT2D eigenvalue weighted by molar-refractivity contribution is 6.28. The van der Waals surface area contributed by atoms with Gasteiger partial charge in [-0.1, -0.05) is 36.4 Å². The lowest BCUT2D eigenvalue weighted by Crippen LogP contribution is -2.22. The number of rotatable bonds is 5. The van der Waals surface area contributed by atoms with Crippen molar-refractivity contribution in [1.82, 2.24) is 5.32 Å². The average Bonchev–Trinajstić information content (AvgIpc) is 3.21. The topological polar surface area (TPSA) is 58.2 Å². The zero-order chi connectivity index (χ0) is 22.9. The molecule has 0 saturated heterocycles. The number of halogens is 4. The Morgan fingerprint density at radius 3 is 2.44 bits per heavy atom. The lowest BCUT2D eigenvalue weighted by atomic mass is 9.98. The van der Waals surface area contributed by atoms with E-state index in [4.69, 9.17) is 11.6 Å². The lowest BCUT2D eigenvalue weighted by Gasteiger charge is -2.13. The number of fused-ring (bicyclic) bond motifs is 1. The van der Waals surface area contributed by atoms with E-state index in [1.165, 1.54) is 12.1 Å². The monoisotopic (exact) mass is 458 g/mol. The summed E-state index contributed by atoms with van der Waals surface area (Å²) in [4.78, 5) is 24.9. The zero-order valence-electron chi connectivity index (χ0n) is 16.7. The molecule has 4 nitrogen and oxygen atoms in total. The van der Waals surface area contributed by atoms with E-state index in [2.05, 4.69) is 10.6 Å². The molecule has 32 heavy (non-hydrogen) atoms. The molecule has 3 aromatic rings.